The molecular formula is C38H33ClN4O4. The summed E-state index contributed by atoms with van der Waals surface area (Å²) in [5, 5.41) is 10.4. The first-order valence-electron chi connectivity index (χ1n) is 15.2. The molecule has 9 heteroatoms. The minimum absolute atomic E-state index is 0.167. The summed E-state index contributed by atoms with van der Waals surface area (Å²) >= 11 is 5.97. The van der Waals surface area contributed by atoms with Crippen molar-refractivity contribution >= 4 is 51.1 Å². The van der Waals surface area contributed by atoms with Crippen LogP contribution in [0.2, 0.25) is 5.02 Å². The Balaban J connectivity index is 1.45. The van der Waals surface area contributed by atoms with Crippen LogP contribution < -0.4 is 20.3 Å². The van der Waals surface area contributed by atoms with E-state index in [1.807, 2.05) is 61.5 Å². The number of para-hydroxylation sites is 1. The number of amides is 1. The van der Waals surface area contributed by atoms with E-state index < -0.39 is 0 Å². The number of aryl methyl sites for hydroxylation is 1. The smallest absolute Gasteiger partial charge is 0.282 e. The molecular weight excluding hydrogens is 612 g/mol. The number of anilines is 1. The van der Waals surface area contributed by atoms with Crippen LogP contribution in [0.1, 0.15) is 36.5 Å². The van der Waals surface area contributed by atoms with E-state index in [2.05, 4.69) is 19.2 Å². The van der Waals surface area contributed by atoms with Gasteiger partial charge in [0.05, 0.1) is 24.2 Å². The second kappa shape index (κ2) is 13.5. The average Bonchev–Trinajstić information content (AvgIpc) is 3.07. The number of ether oxygens (including phenoxy) is 2. The summed E-state index contributed by atoms with van der Waals surface area (Å²) in [5.41, 5.74) is 4.12. The van der Waals surface area contributed by atoms with Crippen molar-refractivity contribution in [2.75, 3.05) is 19.0 Å². The highest BCUT2D eigenvalue weighted by molar-refractivity contribution is 6.30. The Morgan fingerprint density at radius 1 is 0.957 bits per heavy atom. The van der Waals surface area contributed by atoms with Crippen molar-refractivity contribution in [1.29, 1.82) is 0 Å². The van der Waals surface area contributed by atoms with Crippen molar-refractivity contribution in [2.45, 2.75) is 26.7 Å². The highest BCUT2D eigenvalue weighted by atomic mass is 35.5. The Morgan fingerprint density at radius 2 is 1.68 bits per heavy atom. The van der Waals surface area contributed by atoms with Gasteiger partial charge in [0.1, 0.15) is 11.5 Å². The van der Waals surface area contributed by atoms with Crippen LogP contribution in [0, 0.1) is 6.92 Å². The lowest BCUT2D eigenvalue weighted by Gasteiger charge is -2.17. The molecule has 0 radical (unpaired) electrons. The topological polar surface area (TPSA) is 94.8 Å². The molecule has 0 fully saturated rings. The quantitative estimate of drug-likeness (QED) is 0.160. The van der Waals surface area contributed by atoms with Crippen molar-refractivity contribution < 1.29 is 14.3 Å². The molecule has 1 aromatic heterocycles. The van der Waals surface area contributed by atoms with E-state index in [1.165, 1.54) is 4.68 Å². The van der Waals surface area contributed by atoms with Gasteiger partial charge in [0.2, 0.25) is 0 Å². The summed E-state index contributed by atoms with van der Waals surface area (Å²) in [6.45, 7) is 5.90. The molecule has 47 heavy (non-hydrogen) atoms. The van der Waals surface area contributed by atoms with Gasteiger partial charge in [0.15, 0.2) is 12.4 Å². The molecule has 0 aliphatic rings. The molecule has 236 valence electrons. The van der Waals surface area contributed by atoms with Crippen LogP contribution in [0.3, 0.4) is 0 Å². The molecule has 6 aromatic rings. The lowest BCUT2D eigenvalue weighted by molar-refractivity contribution is -0.118. The van der Waals surface area contributed by atoms with Crippen LogP contribution in [-0.2, 0) is 4.79 Å². The first-order chi connectivity index (χ1) is 22.7. The number of nitrogens with zero attached hydrogens (tertiary/aromatic N) is 3. The van der Waals surface area contributed by atoms with Crippen molar-refractivity contribution in [3.8, 4) is 22.9 Å². The van der Waals surface area contributed by atoms with Crippen LogP contribution in [0.25, 0.3) is 33.1 Å². The Labute approximate surface area is 277 Å². The van der Waals surface area contributed by atoms with Crippen LogP contribution in [-0.4, -0.2) is 35.5 Å². The van der Waals surface area contributed by atoms with E-state index in [-0.39, 0.29) is 24.0 Å². The number of halogens is 1. The molecule has 1 N–H and O–H groups in total. The monoisotopic (exact) mass is 644 g/mol. The highest BCUT2D eigenvalue weighted by Crippen LogP contribution is 2.34. The number of nitrogens with one attached hydrogen (secondary N) is 1. The standard InChI is InChI=1S/C38H33ClN4O4/c1-23(2)30-20-31(24(3)19-35(30)46-4)37-42-33-12-8-7-11-29(33)38(45)43(37)40-21-32-28-10-6-5-9-25(28)13-18-34(32)47-22-36(44)41-27-16-14-26(39)15-17-27/h5-21,23H,22H2,1-4H3,(H,41,44). The fourth-order valence-corrected chi connectivity index (χ4v) is 5.62. The third kappa shape index (κ3) is 6.59. The van der Waals surface area contributed by atoms with E-state index in [4.69, 9.17) is 31.2 Å². The fourth-order valence-electron chi connectivity index (χ4n) is 5.50. The predicted octanol–water partition coefficient (Wildman–Crippen LogP) is 8.21. The number of carbonyl (C=O) groups is 1. The molecule has 0 aliphatic carbocycles. The summed E-state index contributed by atoms with van der Waals surface area (Å²) in [6, 6.07) is 29.5. The maximum absolute atomic E-state index is 14.0. The van der Waals surface area contributed by atoms with E-state index in [9.17, 15) is 9.59 Å². The van der Waals surface area contributed by atoms with Gasteiger partial charge < -0.3 is 14.8 Å². The van der Waals surface area contributed by atoms with E-state index in [0.717, 1.165) is 33.2 Å². The number of fused-ring (bicyclic) bond motifs is 2. The highest BCUT2D eigenvalue weighted by Gasteiger charge is 2.19. The summed E-state index contributed by atoms with van der Waals surface area (Å²) < 4.78 is 13.1. The Morgan fingerprint density at radius 3 is 2.43 bits per heavy atom. The molecule has 0 unspecified atom stereocenters. The van der Waals surface area contributed by atoms with Gasteiger partial charge in [0, 0.05) is 21.8 Å². The van der Waals surface area contributed by atoms with Crippen LogP contribution >= 0.6 is 11.6 Å². The third-order valence-corrected chi connectivity index (χ3v) is 8.17. The van der Waals surface area contributed by atoms with Crippen molar-refractivity contribution in [1.82, 2.24) is 9.66 Å². The predicted molar refractivity (Wildman–Crippen MR) is 189 cm³/mol. The fraction of sp³-hybridized carbons (Fsp3) is 0.158. The number of rotatable bonds is 9. The maximum Gasteiger partial charge on any atom is 0.282 e. The van der Waals surface area contributed by atoms with Gasteiger partial charge >= 0.3 is 0 Å². The Hall–Kier alpha value is -5.47. The number of aromatic nitrogens is 2. The molecule has 5 aromatic carbocycles. The maximum atomic E-state index is 14.0. The lowest BCUT2D eigenvalue weighted by Crippen LogP contribution is -2.21. The Bertz CT molecular complexity index is 2210. The second-order valence-corrected chi connectivity index (χ2v) is 11.9. The molecule has 8 nitrogen and oxygen atoms in total. The van der Waals surface area contributed by atoms with Crippen molar-refractivity contribution in [3.63, 3.8) is 0 Å². The van der Waals surface area contributed by atoms with Gasteiger partial charge in [-0.05, 0) is 89.3 Å². The van der Waals surface area contributed by atoms with Crippen molar-refractivity contribution in [3.05, 3.63) is 129 Å². The molecule has 0 atom stereocenters. The zero-order valence-electron chi connectivity index (χ0n) is 26.5. The molecule has 0 saturated heterocycles. The Kier molecular flexibility index (Phi) is 9.04. The molecule has 1 amide bonds. The number of hydrogen-bond donors (Lipinski definition) is 1. The summed E-state index contributed by atoms with van der Waals surface area (Å²) in [6.07, 6.45) is 1.60. The number of methoxy groups -OCH3 is 1. The largest absolute Gasteiger partial charge is 0.496 e. The van der Waals surface area contributed by atoms with Gasteiger partial charge in [-0.2, -0.15) is 9.78 Å². The molecule has 0 aliphatic heterocycles. The molecule has 0 bridgehead atoms. The van der Waals surface area contributed by atoms with Gasteiger partial charge in [-0.25, -0.2) is 4.98 Å². The molecule has 0 spiro atoms. The minimum Gasteiger partial charge on any atom is -0.496 e. The van der Waals surface area contributed by atoms with Gasteiger partial charge in [-0.15, -0.1) is 0 Å². The normalized spacial score (nSPS) is 11.4. The second-order valence-electron chi connectivity index (χ2n) is 11.4. The summed E-state index contributed by atoms with van der Waals surface area (Å²) in [4.78, 5) is 31.8. The van der Waals surface area contributed by atoms with Crippen molar-refractivity contribution in [2.24, 2.45) is 5.10 Å². The average molecular weight is 645 g/mol. The van der Waals surface area contributed by atoms with E-state index in [1.54, 1.807) is 55.8 Å². The van der Waals surface area contributed by atoms with Gasteiger partial charge in [-0.3, -0.25) is 9.59 Å². The molecule has 0 saturated carbocycles. The zero-order chi connectivity index (χ0) is 33.1. The first-order valence-corrected chi connectivity index (χ1v) is 15.6. The molecule has 1 heterocycles. The van der Waals surface area contributed by atoms with E-state index >= 15 is 0 Å². The lowest BCUT2D eigenvalue weighted by atomic mass is 9.96. The summed E-state index contributed by atoms with van der Waals surface area (Å²) in [7, 11) is 1.65. The van der Waals surface area contributed by atoms with E-state index in [0.29, 0.717) is 38.8 Å². The van der Waals surface area contributed by atoms with Crippen LogP contribution in [0.15, 0.2) is 107 Å². The number of hydrogen-bond acceptors (Lipinski definition) is 6. The molecule has 6 rings (SSSR count). The first kappa shape index (κ1) is 31.5. The zero-order valence-corrected chi connectivity index (χ0v) is 27.2. The van der Waals surface area contributed by atoms with Crippen LogP contribution in [0.5, 0.6) is 11.5 Å². The van der Waals surface area contributed by atoms with Crippen LogP contribution in [0.4, 0.5) is 5.69 Å². The number of carbonyl (C=O) groups excluding carboxylic acids is 1. The third-order valence-electron chi connectivity index (χ3n) is 7.91. The van der Waals surface area contributed by atoms with Gasteiger partial charge in [0.25, 0.3) is 11.5 Å². The SMILES string of the molecule is COc1cc(C)c(-c2nc3ccccc3c(=O)n2N=Cc2c(OCC(=O)Nc3ccc(Cl)cc3)ccc3ccccc23)cc1C(C)C. The summed E-state index contributed by atoms with van der Waals surface area (Å²) in [5.74, 6) is 1.44. The van der Waals surface area contributed by atoms with Gasteiger partial charge in [-0.1, -0.05) is 67.9 Å². The minimum atomic E-state index is -0.337. The number of benzene rings is 5.